The predicted molar refractivity (Wildman–Crippen MR) is 462 cm³/mol. The Balaban J connectivity index is 0.517. The van der Waals surface area contributed by atoms with Crippen LogP contribution in [-0.2, 0) is 63.2 Å². The summed E-state index contributed by atoms with van der Waals surface area (Å²) in [6.45, 7) is 20.3. The molecular formula is C98H106O17Si2. The van der Waals surface area contributed by atoms with Gasteiger partial charge in [-0.2, -0.15) is 0 Å². The van der Waals surface area contributed by atoms with Crippen molar-refractivity contribution in [2.24, 2.45) is 0 Å². The van der Waals surface area contributed by atoms with E-state index in [9.17, 15) is 19.2 Å². The summed E-state index contributed by atoms with van der Waals surface area (Å²) in [5.74, 6) is 2.15. The van der Waals surface area contributed by atoms with Gasteiger partial charge in [0.25, 0.3) is 0 Å². The highest BCUT2D eigenvalue weighted by atomic mass is 28.4. The minimum Gasteiger partial charge on any atom is -0.497 e. The molecule has 117 heavy (non-hydrogen) atoms. The van der Waals surface area contributed by atoms with Gasteiger partial charge in [-0.3, -0.25) is 19.2 Å². The van der Waals surface area contributed by atoms with E-state index in [0.717, 1.165) is 161 Å². The summed E-state index contributed by atoms with van der Waals surface area (Å²) in [6.07, 6.45) is 10.6. The van der Waals surface area contributed by atoms with Gasteiger partial charge in [0.15, 0.2) is 31.7 Å². The minimum atomic E-state index is -2.37. The van der Waals surface area contributed by atoms with Crippen LogP contribution < -0.4 is 28.4 Å². The zero-order chi connectivity index (χ0) is 82.3. The average molecular weight is 1610 g/mol. The van der Waals surface area contributed by atoms with Crippen molar-refractivity contribution in [2.75, 3.05) is 68.1 Å². The Morgan fingerprint density at radius 2 is 0.778 bits per heavy atom. The fourth-order valence-electron chi connectivity index (χ4n) is 17.4. The van der Waals surface area contributed by atoms with Gasteiger partial charge in [-0.15, -0.1) is 0 Å². The molecule has 2 aliphatic heterocycles. The van der Waals surface area contributed by atoms with Crippen LogP contribution in [0.15, 0.2) is 206 Å². The molecule has 10 aromatic rings. The van der Waals surface area contributed by atoms with Crippen molar-refractivity contribution < 1.29 is 80.4 Å². The number of benzene rings is 10. The van der Waals surface area contributed by atoms with Crippen LogP contribution in [-0.4, -0.2) is 114 Å². The number of methoxy groups -OCH3 is 4. The molecule has 17 nitrogen and oxygen atoms in total. The maximum atomic E-state index is 14.0. The van der Waals surface area contributed by atoms with Crippen molar-refractivity contribution in [2.45, 2.75) is 151 Å². The van der Waals surface area contributed by atoms with Crippen molar-refractivity contribution in [3.05, 3.63) is 262 Å². The standard InChI is InChI=1S/C98H106O17Si2/c1-13-95(3,55-23-58-107-60-62-109-83(99)49-51-85(101)111-93-79-31-21-17-27-75(79)87-73-25-15-19-29-77(73)91-81(89(87)93)53-56-97(113-91,65-33-41-69(103-5)42-34-65)66-35-43-70(104-6)44-36-66)117(11,12)115-96(4,14-2)116(9,10)64-24-59-108-61-63-110-84(100)50-52-86(102)112-94-80-32-22-18-28-76(80)88-74-26-16-20-30-78(74)92-82(90(88)94)54-57-98(114-92,67-37-45-71(105-7)46-38-67)68-39-47-72(106-8)48-40-68/h15-22,25-48,53-54,56-57,93-94H,13-14,23-24,49-52,55,58-64H2,1-12H3. The third-order valence-electron chi connectivity index (χ3n) is 25.1. The van der Waals surface area contributed by atoms with Gasteiger partial charge in [0.05, 0.1) is 75.4 Å². The van der Waals surface area contributed by atoms with Gasteiger partial charge in [-0.05, 0) is 144 Å². The van der Waals surface area contributed by atoms with E-state index in [0.29, 0.717) is 24.7 Å². The Morgan fingerprint density at radius 1 is 0.419 bits per heavy atom. The molecule has 2 heterocycles. The van der Waals surface area contributed by atoms with Crippen molar-refractivity contribution in [1.29, 1.82) is 0 Å². The molecule has 0 saturated heterocycles. The number of rotatable bonds is 36. The summed E-state index contributed by atoms with van der Waals surface area (Å²) >= 11 is 0. The first-order valence-corrected chi connectivity index (χ1v) is 46.9. The molecule has 0 radical (unpaired) electrons. The van der Waals surface area contributed by atoms with Crippen LogP contribution in [0.5, 0.6) is 34.5 Å². The zero-order valence-corrected chi connectivity index (χ0v) is 71.2. The van der Waals surface area contributed by atoms with Gasteiger partial charge in [-0.1, -0.05) is 204 Å². The van der Waals surface area contributed by atoms with Crippen molar-refractivity contribution in [3.8, 4) is 56.8 Å². The Hall–Kier alpha value is -10.8. The summed E-state index contributed by atoms with van der Waals surface area (Å²) in [5, 5.41) is 3.42. The lowest BCUT2D eigenvalue weighted by Gasteiger charge is -2.52. The summed E-state index contributed by atoms with van der Waals surface area (Å²) in [5.41, 5.74) is 10.3. The first kappa shape index (κ1) is 82.7. The smallest absolute Gasteiger partial charge is 0.307 e. The first-order chi connectivity index (χ1) is 56.6. The Labute approximate surface area is 688 Å². The lowest BCUT2D eigenvalue weighted by Crippen LogP contribution is -2.60. The number of ether oxygens (including phenoxy) is 12. The van der Waals surface area contributed by atoms with E-state index in [1.54, 1.807) is 28.4 Å². The second-order valence-corrected chi connectivity index (χ2v) is 41.9. The van der Waals surface area contributed by atoms with E-state index in [1.807, 2.05) is 158 Å². The minimum absolute atomic E-state index is 0.0482. The van der Waals surface area contributed by atoms with Gasteiger partial charge in [0.1, 0.15) is 47.7 Å². The number of carbonyl (C=O) groups is 4. The molecule has 0 fully saturated rings. The molecular weight excluding hydrogens is 1510 g/mol. The summed E-state index contributed by atoms with van der Waals surface area (Å²) < 4.78 is 80.9. The SMILES string of the molecule is CCC(C)(O[Si](C)(C)C(C)(CC)CCCOCCOC(=O)CCC(=O)OC1c2ccccc2-c2c1c1c(c3ccccc23)OC(c2ccc(OC)cc2)(c2ccc(OC)cc2)C=C1)[Si](C)(C)CCCOCCOC(=O)CCC(=O)OC1c2ccccc2-c2c1c1c(c3ccccc23)OC(c2ccc(OC)cc2)(c2ccc(OC)cc2)C=C1. The second kappa shape index (κ2) is 35.2. The third-order valence-corrected chi connectivity index (χ3v) is 34.7. The van der Waals surface area contributed by atoms with Crippen LogP contribution in [0.25, 0.3) is 56.0 Å². The van der Waals surface area contributed by atoms with E-state index in [-0.39, 0.29) is 62.4 Å². The normalized spacial score (nSPS) is 16.1. The molecule has 14 rings (SSSR count). The average Bonchev–Trinajstić information content (AvgIpc) is 1.61. The van der Waals surface area contributed by atoms with Crippen molar-refractivity contribution in [1.82, 2.24) is 0 Å². The molecule has 19 heteroatoms. The molecule has 10 aromatic carbocycles. The second-order valence-electron chi connectivity index (χ2n) is 32.2. The molecule has 0 aromatic heterocycles. The van der Waals surface area contributed by atoms with Crippen LogP contribution in [0.2, 0.25) is 37.3 Å². The molecule has 4 aliphatic rings. The molecule has 4 atom stereocenters. The molecule has 4 unspecified atom stereocenters. The van der Waals surface area contributed by atoms with Crippen molar-refractivity contribution >= 4 is 74.0 Å². The summed E-state index contributed by atoms with van der Waals surface area (Å²) in [7, 11) is 2.17. The van der Waals surface area contributed by atoms with Crippen LogP contribution in [0.3, 0.4) is 0 Å². The topological polar surface area (TPSA) is 188 Å². The van der Waals surface area contributed by atoms with Crippen LogP contribution in [0.4, 0.5) is 0 Å². The molecule has 0 spiro atoms. The van der Waals surface area contributed by atoms with Gasteiger partial charge in [-0.25, -0.2) is 0 Å². The maximum Gasteiger partial charge on any atom is 0.307 e. The fourth-order valence-corrected chi connectivity index (χ4v) is 25.0. The highest BCUT2D eigenvalue weighted by molar-refractivity contribution is 6.82. The number of hydrogen-bond acceptors (Lipinski definition) is 17. The van der Waals surface area contributed by atoms with Crippen LogP contribution in [0.1, 0.15) is 153 Å². The van der Waals surface area contributed by atoms with Gasteiger partial charge in [0, 0.05) is 84.8 Å². The lowest BCUT2D eigenvalue weighted by atomic mass is 9.81. The van der Waals surface area contributed by atoms with Crippen LogP contribution >= 0.6 is 0 Å². The highest BCUT2D eigenvalue weighted by Crippen LogP contribution is 2.60. The lowest BCUT2D eigenvalue weighted by molar-refractivity contribution is -0.153. The monoisotopic (exact) mass is 1610 g/mol. The Kier molecular flexibility index (Phi) is 24.9. The molecule has 0 amide bonds. The molecule has 608 valence electrons. The van der Waals surface area contributed by atoms with Gasteiger partial charge < -0.3 is 61.3 Å². The first-order valence-electron chi connectivity index (χ1n) is 40.8. The van der Waals surface area contributed by atoms with Crippen LogP contribution in [0, 0.1) is 0 Å². The Bertz CT molecular complexity index is 5250. The number of carbonyl (C=O) groups excluding carboxylic acids is 4. The third kappa shape index (κ3) is 16.4. The van der Waals surface area contributed by atoms with E-state index in [4.69, 9.17) is 61.3 Å². The molecule has 0 bridgehead atoms. The quantitative estimate of drug-likeness (QED) is 0.0156. The molecule has 0 N–H and O–H groups in total. The van der Waals surface area contributed by atoms with Gasteiger partial charge in [0.2, 0.25) is 0 Å². The van der Waals surface area contributed by atoms with E-state index < -0.39 is 63.7 Å². The predicted octanol–water partition coefficient (Wildman–Crippen LogP) is 21.3. The molecule has 2 aliphatic carbocycles. The molecule has 0 saturated carbocycles. The van der Waals surface area contributed by atoms with E-state index in [1.165, 1.54) is 0 Å². The number of fused-ring (bicyclic) bond motifs is 16. The number of esters is 4. The Morgan fingerprint density at radius 3 is 1.15 bits per heavy atom. The van der Waals surface area contributed by atoms with Crippen molar-refractivity contribution in [3.63, 3.8) is 0 Å². The van der Waals surface area contributed by atoms with Gasteiger partial charge >= 0.3 is 23.9 Å². The zero-order valence-electron chi connectivity index (χ0n) is 69.2. The maximum absolute atomic E-state index is 14.0. The van der Waals surface area contributed by atoms with E-state index in [2.05, 4.69) is 115 Å². The summed E-state index contributed by atoms with van der Waals surface area (Å²) in [4.78, 5) is 54.5. The number of hydrogen-bond donors (Lipinski definition) is 0. The highest BCUT2D eigenvalue weighted by Gasteiger charge is 2.52. The van der Waals surface area contributed by atoms with E-state index >= 15 is 0 Å². The summed E-state index contributed by atoms with van der Waals surface area (Å²) in [6, 6.07) is 64.9. The fraction of sp³-hybridized carbons (Fsp3) is 0.347. The largest absolute Gasteiger partial charge is 0.497 e.